The van der Waals surface area contributed by atoms with Gasteiger partial charge in [0.2, 0.25) is 0 Å². The Kier molecular flexibility index (Phi) is 3.42. The van der Waals surface area contributed by atoms with Gasteiger partial charge in [0.15, 0.2) is 0 Å². The molecule has 0 saturated heterocycles. The van der Waals surface area contributed by atoms with Crippen molar-refractivity contribution in [3.63, 3.8) is 0 Å². The number of fused-ring (bicyclic) bond motifs is 1. The average Bonchev–Trinajstić information content (AvgIpc) is 2.51. The first-order valence-corrected chi connectivity index (χ1v) is 6.50. The quantitative estimate of drug-likeness (QED) is 0.727. The van der Waals surface area contributed by atoms with Gasteiger partial charge >= 0.3 is 0 Å². The summed E-state index contributed by atoms with van der Waals surface area (Å²) in [4.78, 5) is 16.6. The largest absolute Gasteiger partial charge is 0.295 e. The lowest BCUT2D eigenvalue weighted by molar-refractivity contribution is 0.769. The van der Waals surface area contributed by atoms with Crippen LogP contribution in [0.3, 0.4) is 0 Å². The molecule has 3 heteroatoms. The van der Waals surface area contributed by atoms with Gasteiger partial charge in [-0.15, -0.1) is 0 Å². The summed E-state index contributed by atoms with van der Waals surface area (Å²) >= 11 is 0. The van der Waals surface area contributed by atoms with Gasteiger partial charge in [0.1, 0.15) is 0 Å². The summed E-state index contributed by atoms with van der Waals surface area (Å²) in [5, 5.41) is 0.656. The Morgan fingerprint density at radius 2 is 1.75 bits per heavy atom. The van der Waals surface area contributed by atoms with Gasteiger partial charge in [0.25, 0.3) is 5.56 Å². The number of hydrogen-bond acceptors (Lipinski definition) is 2. The van der Waals surface area contributed by atoms with E-state index in [0.717, 1.165) is 11.1 Å². The number of rotatable bonds is 3. The number of benzene rings is 2. The van der Waals surface area contributed by atoms with Crippen LogP contribution in [-0.4, -0.2) is 9.55 Å². The summed E-state index contributed by atoms with van der Waals surface area (Å²) in [5.74, 6) is 0. The smallest absolute Gasteiger partial charge is 0.261 e. The van der Waals surface area contributed by atoms with Crippen molar-refractivity contribution >= 4 is 17.0 Å². The van der Waals surface area contributed by atoms with Crippen molar-refractivity contribution in [1.29, 1.82) is 0 Å². The molecule has 98 valence electrons. The number of para-hydroxylation sites is 1. The maximum absolute atomic E-state index is 12.3. The van der Waals surface area contributed by atoms with Crippen LogP contribution in [0.15, 0.2) is 71.8 Å². The topological polar surface area (TPSA) is 34.9 Å². The molecule has 0 saturated carbocycles. The molecule has 1 heterocycles. The minimum absolute atomic E-state index is 0.00619. The molecule has 3 nitrogen and oxygen atoms in total. The Bertz CT molecular complexity index is 804. The molecule has 1 aromatic heterocycles. The molecule has 20 heavy (non-hydrogen) atoms. The predicted molar refractivity (Wildman–Crippen MR) is 81.5 cm³/mol. The first kappa shape index (κ1) is 12.4. The van der Waals surface area contributed by atoms with Gasteiger partial charge in [-0.2, -0.15) is 0 Å². The van der Waals surface area contributed by atoms with E-state index < -0.39 is 0 Å². The molecule has 0 radical (unpaired) electrons. The predicted octanol–water partition coefficient (Wildman–Crippen LogP) is 3.11. The molecule has 2 aromatic carbocycles. The average molecular weight is 262 g/mol. The Morgan fingerprint density at radius 1 is 1.00 bits per heavy atom. The lowest BCUT2D eigenvalue weighted by Gasteiger charge is -2.03. The van der Waals surface area contributed by atoms with Gasteiger partial charge in [0.05, 0.1) is 17.2 Å². The summed E-state index contributed by atoms with van der Waals surface area (Å²) < 4.78 is 1.61. The number of hydrogen-bond donors (Lipinski definition) is 0. The lowest BCUT2D eigenvalue weighted by Crippen LogP contribution is -2.19. The van der Waals surface area contributed by atoms with E-state index in [-0.39, 0.29) is 5.56 Å². The van der Waals surface area contributed by atoms with Crippen molar-refractivity contribution in [1.82, 2.24) is 9.55 Å². The van der Waals surface area contributed by atoms with Crippen LogP contribution < -0.4 is 5.56 Å². The molecule has 0 atom stereocenters. The van der Waals surface area contributed by atoms with Crippen molar-refractivity contribution in [2.75, 3.05) is 0 Å². The highest BCUT2D eigenvalue weighted by Crippen LogP contribution is 2.05. The van der Waals surface area contributed by atoms with E-state index in [1.165, 1.54) is 0 Å². The Labute approximate surface area is 116 Å². The second-order valence-electron chi connectivity index (χ2n) is 4.53. The third kappa shape index (κ3) is 2.52. The molecular formula is C17H14N2O. The van der Waals surface area contributed by atoms with Crippen molar-refractivity contribution in [2.45, 2.75) is 6.54 Å². The van der Waals surface area contributed by atoms with Crippen LogP contribution in [0.25, 0.3) is 17.0 Å². The van der Waals surface area contributed by atoms with Crippen molar-refractivity contribution < 1.29 is 0 Å². The van der Waals surface area contributed by atoms with E-state index in [0.29, 0.717) is 11.9 Å². The van der Waals surface area contributed by atoms with Crippen molar-refractivity contribution in [3.8, 4) is 0 Å². The molecule has 0 aliphatic rings. The first-order valence-electron chi connectivity index (χ1n) is 6.50. The fourth-order valence-electron chi connectivity index (χ4n) is 2.10. The van der Waals surface area contributed by atoms with Gasteiger partial charge in [-0.3, -0.25) is 9.36 Å². The molecule has 0 amide bonds. The fraction of sp³-hybridized carbons (Fsp3) is 0.0588. The van der Waals surface area contributed by atoms with Crippen LogP contribution >= 0.6 is 0 Å². The van der Waals surface area contributed by atoms with E-state index in [1.54, 1.807) is 10.9 Å². The standard InChI is InChI=1S/C17H14N2O/c20-17-15-10-4-5-11-16(15)18-13-19(17)12-6-9-14-7-2-1-3-8-14/h1-11,13H,12H2/b9-6-. The van der Waals surface area contributed by atoms with Gasteiger partial charge < -0.3 is 0 Å². The van der Waals surface area contributed by atoms with E-state index in [9.17, 15) is 4.79 Å². The zero-order valence-electron chi connectivity index (χ0n) is 10.9. The lowest BCUT2D eigenvalue weighted by atomic mass is 10.2. The molecule has 0 unspecified atom stereocenters. The molecule has 0 spiro atoms. The molecule has 0 N–H and O–H groups in total. The summed E-state index contributed by atoms with van der Waals surface area (Å²) in [5.41, 5.74) is 1.85. The summed E-state index contributed by atoms with van der Waals surface area (Å²) in [6, 6.07) is 17.4. The van der Waals surface area contributed by atoms with Crippen LogP contribution in [0.1, 0.15) is 5.56 Å². The van der Waals surface area contributed by atoms with Crippen LogP contribution in [0, 0.1) is 0 Å². The SMILES string of the molecule is O=c1c2ccccc2ncn1C/C=C\c1ccccc1. The zero-order chi connectivity index (χ0) is 13.8. The Hall–Kier alpha value is -2.68. The van der Waals surface area contributed by atoms with E-state index in [4.69, 9.17) is 0 Å². The minimum atomic E-state index is -0.00619. The highest BCUT2D eigenvalue weighted by atomic mass is 16.1. The van der Waals surface area contributed by atoms with Crippen LogP contribution in [0.4, 0.5) is 0 Å². The molecule has 0 aliphatic heterocycles. The van der Waals surface area contributed by atoms with Crippen LogP contribution in [0.5, 0.6) is 0 Å². The molecule has 0 bridgehead atoms. The first-order chi connectivity index (χ1) is 9.84. The second kappa shape index (κ2) is 5.53. The van der Waals surface area contributed by atoms with Gasteiger partial charge in [-0.1, -0.05) is 54.6 Å². The summed E-state index contributed by atoms with van der Waals surface area (Å²) in [6.45, 7) is 0.519. The third-order valence-corrected chi connectivity index (χ3v) is 3.14. The molecule has 0 fully saturated rings. The van der Waals surface area contributed by atoms with Gasteiger partial charge in [0, 0.05) is 6.54 Å². The van der Waals surface area contributed by atoms with Gasteiger partial charge in [-0.05, 0) is 17.7 Å². The maximum Gasteiger partial charge on any atom is 0.261 e. The maximum atomic E-state index is 12.3. The minimum Gasteiger partial charge on any atom is -0.295 e. The van der Waals surface area contributed by atoms with Crippen molar-refractivity contribution in [3.05, 3.63) is 82.9 Å². The summed E-state index contributed by atoms with van der Waals surface area (Å²) in [7, 11) is 0. The zero-order valence-corrected chi connectivity index (χ0v) is 10.9. The van der Waals surface area contributed by atoms with E-state index in [1.807, 2.05) is 66.7 Å². The van der Waals surface area contributed by atoms with Crippen LogP contribution in [0.2, 0.25) is 0 Å². The normalized spacial score (nSPS) is 11.2. The Morgan fingerprint density at radius 3 is 2.60 bits per heavy atom. The van der Waals surface area contributed by atoms with E-state index >= 15 is 0 Å². The van der Waals surface area contributed by atoms with Gasteiger partial charge in [-0.25, -0.2) is 4.98 Å². The second-order valence-corrected chi connectivity index (χ2v) is 4.53. The van der Waals surface area contributed by atoms with E-state index in [2.05, 4.69) is 4.98 Å². The molecule has 3 rings (SSSR count). The molecule has 0 aliphatic carbocycles. The fourth-order valence-corrected chi connectivity index (χ4v) is 2.10. The number of nitrogens with zero attached hydrogens (tertiary/aromatic N) is 2. The summed E-state index contributed by atoms with van der Waals surface area (Å²) in [6.07, 6.45) is 5.56. The highest BCUT2D eigenvalue weighted by Gasteiger charge is 2.01. The number of allylic oxidation sites excluding steroid dienone is 1. The molecular weight excluding hydrogens is 248 g/mol. The monoisotopic (exact) mass is 262 g/mol. The highest BCUT2D eigenvalue weighted by molar-refractivity contribution is 5.76. The Balaban J connectivity index is 1.87. The number of aromatic nitrogens is 2. The third-order valence-electron chi connectivity index (χ3n) is 3.14. The van der Waals surface area contributed by atoms with Crippen molar-refractivity contribution in [2.24, 2.45) is 0 Å². The molecule has 3 aromatic rings. The van der Waals surface area contributed by atoms with Crippen LogP contribution in [-0.2, 0) is 6.54 Å².